The van der Waals surface area contributed by atoms with E-state index in [1.807, 2.05) is 0 Å². The third-order valence-corrected chi connectivity index (χ3v) is 4.39. The van der Waals surface area contributed by atoms with Gasteiger partial charge in [0.15, 0.2) is 5.65 Å². The molecule has 10 nitrogen and oxygen atoms in total. The second kappa shape index (κ2) is 5.65. The molecule has 4 aromatic rings. The molecule has 0 aliphatic carbocycles. The zero-order valence-electron chi connectivity index (χ0n) is 12.6. The van der Waals surface area contributed by atoms with Crippen LogP contribution in [0.4, 0.5) is 11.6 Å². The first-order valence-electron chi connectivity index (χ1n) is 7.11. The molecular formula is C14H12N8O2S. The number of imidazole rings is 1. The lowest BCUT2D eigenvalue weighted by Gasteiger charge is -2.08. The minimum atomic E-state index is -3.80. The van der Waals surface area contributed by atoms with E-state index in [4.69, 9.17) is 5.14 Å². The highest BCUT2D eigenvalue weighted by molar-refractivity contribution is 7.89. The minimum absolute atomic E-state index is 0.00611. The maximum atomic E-state index is 11.5. The summed E-state index contributed by atoms with van der Waals surface area (Å²) in [4.78, 5) is 15.9. The smallest absolute Gasteiger partial charge is 0.238 e. The van der Waals surface area contributed by atoms with Crippen molar-refractivity contribution in [3.8, 4) is 11.3 Å². The van der Waals surface area contributed by atoms with Crippen molar-refractivity contribution >= 4 is 32.8 Å². The monoisotopic (exact) mass is 356 g/mol. The molecule has 0 atom stereocenters. The normalized spacial score (nSPS) is 11.7. The quantitative estimate of drug-likeness (QED) is 0.427. The number of aromatic nitrogens is 6. The molecule has 3 aromatic heterocycles. The van der Waals surface area contributed by atoms with Crippen LogP contribution in [0.2, 0.25) is 0 Å². The first-order valence-corrected chi connectivity index (χ1v) is 8.65. The summed E-state index contributed by atoms with van der Waals surface area (Å²) in [5.74, 6) is 0.266. The van der Waals surface area contributed by atoms with Crippen LogP contribution in [0, 0.1) is 0 Å². The Bertz CT molecular complexity index is 1150. The molecule has 0 saturated heterocycles. The molecule has 0 saturated carbocycles. The number of fused-ring (bicyclic) bond motifs is 1. The standard InChI is InChI=1S/C14H12N8O2S/c15-25(23,24)10-3-1-2-9(4-10)20-14-21-11(8-5-18-19-6-8)12-13(22-14)17-7-16-12/h1-7H,(H,18,19)(H2,15,23,24)(H2,16,17,20,21,22). The average Bonchev–Trinajstić information content (AvgIpc) is 3.25. The maximum absolute atomic E-state index is 11.5. The SMILES string of the molecule is NS(=O)(=O)c1cccc(Nc2nc(-c3cn[nH]c3)c3[nH]cnc3n2)c1. The third-order valence-electron chi connectivity index (χ3n) is 3.48. The Labute approximate surface area is 141 Å². The van der Waals surface area contributed by atoms with E-state index in [9.17, 15) is 8.42 Å². The molecule has 126 valence electrons. The van der Waals surface area contributed by atoms with Gasteiger partial charge in [-0.2, -0.15) is 10.1 Å². The Morgan fingerprint density at radius 3 is 2.84 bits per heavy atom. The molecule has 5 N–H and O–H groups in total. The van der Waals surface area contributed by atoms with Crippen LogP contribution < -0.4 is 10.5 Å². The molecule has 0 unspecified atom stereocenters. The molecular weight excluding hydrogens is 344 g/mol. The zero-order chi connectivity index (χ0) is 17.4. The summed E-state index contributed by atoms with van der Waals surface area (Å²) in [5.41, 5.74) is 3.00. The van der Waals surface area contributed by atoms with Crippen LogP contribution in [0.1, 0.15) is 0 Å². The molecule has 0 aliphatic rings. The second-order valence-electron chi connectivity index (χ2n) is 5.18. The first kappa shape index (κ1) is 15.2. The van der Waals surface area contributed by atoms with Crippen LogP contribution in [0.3, 0.4) is 0 Å². The van der Waals surface area contributed by atoms with E-state index < -0.39 is 10.0 Å². The van der Waals surface area contributed by atoms with E-state index in [1.165, 1.54) is 18.5 Å². The number of nitrogens with zero attached hydrogens (tertiary/aromatic N) is 4. The van der Waals surface area contributed by atoms with E-state index in [2.05, 4.69) is 35.5 Å². The summed E-state index contributed by atoms with van der Waals surface area (Å²) >= 11 is 0. The number of aromatic amines is 2. The van der Waals surface area contributed by atoms with Crippen molar-refractivity contribution in [1.82, 2.24) is 30.1 Å². The van der Waals surface area contributed by atoms with Gasteiger partial charge in [0, 0.05) is 17.4 Å². The molecule has 4 rings (SSSR count). The fourth-order valence-electron chi connectivity index (χ4n) is 2.36. The fraction of sp³-hybridized carbons (Fsp3) is 0. The van der Waals surface area contributed by atoms with Gasteiger partial charge in [0.2, 0.25) is 16.0 Å². The molecule has 11 heteroatoms. The van der Waals surface area contributed by atoms with Gasteiger partial charge < -0.3 is 10.3 Å². The Hall–Kier alpha value is -3.31. The number of hydrogen-bond acceptors (Lipinski definition) is 7. The number of rotatable bonds is 4. The van der Waals surface area contributed by atoms with E-state index in [1.54, 1.807) is 24.5 Å². The Balaban J connectivity index is 1.78. The summed E-state index contributed by atoms with van der Waals surface area (Å²) in [5, 5.41) is 14.8. The number of hydrogen-bond donors (Lipinski definition) is 4. The van der Waals surface area contributed by atoms with Crippen LogP contribution in [0.15, 0.2) is 47.9 Å². The van der Waals surface area contributed by atoms with Gasteiger partial charge in [-0.15, -0.1) is 0 Å². The summed E-state index contributed by atoms with van der Waals surface area (Å²) < 4.78 is 23.0. The minimum Gasteiger partial charge on any atom is -0.341 e. The van der Waals surface area contributed by atoms with E-state index in [0.717, 1.165) is 5.56 Å². The summed E-state index contributed by atoms with van der Waals surface area (Å²) in [6.07, 6.45) is 4.86. The number of sulfonamides is 1. The number of H-pyrrole nitrogens is 2. The summed E-state index contributed by atoms with van der Waals surface area (Å²) in [6.45, 7) is 0. The van der Waals surface area contributed by atoms with Gasteiger partial charge in [-0.1, -0.05) is 6.07 Å². The van der Waals surface area contributed by atoms with Gasteiger partial charge in [0.1, 0.15) is 11.2 Å². The first-order chi connectivity index (χ1) is 12.0. The maximum Gasteiger partial charge on any atom is 0.238 e. The molecule has 0 aliphatic heterocycles. The zero-order valence-corrected chi connectivity index (χ0v) is 13.4. The number of anilines is 2. The molecule has 0 amide bonds. The summed E-state index contributed by atoms with van der Waals surface area (Å²) in [7, 11) is -3.80. The van der Waals surface area contributed by atoms with Crippen molar-refractivity contribution in [3.63, 3.8) is 0 Å². The second-order valence-corrected chi connectivity index (χ2v) is 6.74. The number of nitrogens with one attached hydrogen (secondary N) is 3. The predicted molar refractivity (Wildman–Crippen MR) is 90.4 cm³/mol. The largest absolute Gasteiger partial charge is 0.341 e. The third kappa shape index (κ3) is 2.93. The molecule has 25 heavy (non-hydrogen) atoms. The Morgan fingerprint density at radius 1 is 1.20 bits per heavy atom. The highest BCUT2D eigenvalue weighted by Crippen LogP contribution is 2.25. The Morgan fingerprint density at radius 2 is 2.08 bits per heavy atom. The molecule has 1 aromatic carbocycles. The lowest BCUT2D eigenvalue weighted by Crippen LogP contribution is -2.12. The highest BCUT2D eigenvalue weighted by atomic mass is 32.2. The van der Waals surface area contributed by atoms with Crippen LogP contribution in [0.5, 0.6) is 0 Å². The lowest BCUT2D eigenvalue weighted by atomic mass is 10.2. The molecule has 0 fully saturated rings. The number of benzene rings is 1. The average molecular weight is 356 g/mol. The molecule has 0 bridgehead atoms. The van der Waals surface area contributed by atoms with Gasteiger partial charge in [-0.25, -0.2) is 23.5 Å². The molecule has 0 radical (unpaired) electrons. The number of primary sulfonamides is 1. The molecule has 0 spiro atoms. The van der Waals surface area contributed by atoms with Crippen molar-refractivity contribution in [2.45, 2.75) is 4.90 Å². The van der Waals surface area contributed by atoms with Crippen LogP contribution in [-0.4, -0.2) is 38.6 Å². The van der Waals surface area contributed by atoms with E-state index >= 15 is 0 Å². The molecule has 3 heterocycles. The van der Waals surface area contributed by atoms with Crippen molar-refractivity contribution in [3.05, 3.63) is 43.0 Å². The van der Waals surface area contributed by atoms with Crippen molar-refractivity contribution in [2.24, 2.45) is 5.14 Å². The van der Waals surface area contributed by atoms with Crippen LogP contribution >= 0.6 is 0 Å². The van der Waals surface area contributed by atoms with E-state index in [0.29, 0.717) is 22.5 Å². The van der Waals surface area contributed by atoms with Gasteiger partial charge in [-0.3, -0.25) is 5.10 Å². The van der Waals surface area contributed by atoms with Crippen molar-refractivity contribution in [1.29, 1.82) is 0 Å². The lowest BCUT2D eigenvalue weighted by molar-refractivity contribution is 0.598. The predicted octanol–water partition coefficient (Wildman–Crippen LogP) is 1.13. The van der Waals surface area contributed by atoms with Crippen molar-refractivity contribution in [2.75, 3.05) is 5.32 Å². The topological polar surface area (TPSA) is 155 Å². The van der Waals surface area contributed by atoms with Gasteiger partial charge >= 0.3 is 0 Å². The van der Waals surface area contributed by atoms with E-state index in [-0.39, 0.29) is 10.8 Å². The number of nitrogens with two attached hydrogens (primary N) is 1. The van der Waals surface area contributed by atoms with Crippen LogP contribution in [0.25, 0.3) is 22.4 Å². The van der Waals surface area contributed by atoms with Crippen molar-refractivity contribution < 1.29 is 8.42 Å². The Kier molecular flexibility index (Phi) is 3.44. The fourth-order valence-corrected chi connectivity index (χ4v) is 2.92. The van der Waals surface area contributed by atoms with Crippen LogP contribution in [-0.2, 0) is 10.0 Å². The van der Waals surface area contributed by atoms with Gasteiger partial charge in [-0.05, 0) is 18.2 Å². The van der Waals surface area contributed by atoms with Gasteiger partial charge in [0.05, 0.1) is 17.4 Å². The highest BCUT2D eigenvalue weighted by Gasteiger charge is 2.14. The summed E-state index contributed by atoms with van der Waals surface area (Å²) in [6, 6.07) is 6.08. The van der Waals surface area contributed by atoms with Gasteiger partial charge in [0.25, 0.3) is 0 Å².